The van der Waals surface area contributed by atoms with Crippen LogP contribution in [0.3, 0.4) is 0 Å². The van der Waals surface area contributed by atoms with Gasteiger partial charge < -0.3 is 14.8 Å². The van der Waals surface area contributed by atoms with Crippen molar-refractivity contribution < 1.29 is 9.47 Å². The summed E-state index contributed by atoms with van der Waals surface area (Å²) in [7, 11) is 0. The molecule has 3 nitrogen and oxygen atoms in total. The minimum Gasteiger partial charge on any atom is -0.490 e. The number of nitrogens with one attached hydrogen (secondary N) is 1. The molecular formula is C23H24ClNO2. The van der Waals surface area contributed by atoms with Crippen molar-refractivity contribution in [2.45, 2.75) is 27.0 Å². The molecule has 0 atom stereocenters. The average Bonchev–Trinajstić information content (AvgIpc) is 2.68. The molecule has 0 bridgehead atoms. The van der Waals surface area contributed by atoms with Gasteiger partial charge in [0.2, 0.25) is 0 Å². The lowest BCUT2D eigenvalue weighted by Gasteiger charge is -2.15. The van der Waals surface area contributed by atoms with Crippen LogP contribution >= 0.6 is 11.6 Å². The molecule has 0 saturated heterocycles. The number of aryl methyl sites for hydroxylation is 1. The van der Waals surface area contributed by atoms with Gasteiger partial charge in [-0.3, -0.25) is 0 Å². The van der Waals surface area contributed by atoms with E-state index in [1.54, 1.807) is 0 Å². The summed E-state index contributed by atoms with van der Waals surface area (Å²) in [5.74, 6) is 1.52. The zero-order valence-corrected chi connectivity index (χ0v) is 16.4. The van der Waals surface area contributed by atoms with Crippen LogP contribution in [0.1, 0.15) is 23.6 Å². The average molecular weight is 382 g/mol. The lowest BCUT2D eigenvalue weighted by molar-refractivity contribution is 0.268. The molecule has 0 fully saturated rings. The molecule has 1 N–H and O–H groups in total. The monoisotopic (exact) mass is 381 g/mol. The molecule has 0 aromatic heterocycles. The van der Waals surface area contributed by atoms with Gasteiger partial charge in [0.25, 0.3) is 0 Å². The number of halogens is 1. The summed E-state index contributed by atoms with van der Waals surface area (Å²) in [4.78, 5) is 0. The first-order chi connectivity index (χ1) is 13.2. The number of rotatable bonds is 8. The van der Waals surface area contributed by atoms with Crippen molar-refractivity contribution in [2.75, 3.05) is 11.9 Å². The summed E-state index contributed by atoms with van der Waals surface area (Å²) < 4.78 is 11.8. The molecule has 0 unspecified atom stereocenters. The quantitative estimate of drug-likeness (QED) is 0.501. The van der Waals surface area contributed by atoms with Gasteiger partial charge in [0.15, 0.2) is 11.5 Å². The molecule has 3 aromatic rings. The van der Waals surface area contributed by atoms with Crippen LogP contribution in [-0.4, -0.2) is 6.61 Å². The highest BCUT2D eigenvalue weighted by Gasteiger charge is 2.08. The minimum atomic E-state index is 0.523. The van der Waals surface area contributed by atoms with Gasteiger partial charge in [-0.25, -0.2) is 0 Å². The van der Waals surface area contributed by atoms with E-state index in [0.717, 1.165) is 27.8 Å². The van der Waals surface area contributed by atoms with E-state index < -0.39 is 0 Å². The van der Waals surface area contributed by atoms with Gasteiger partial charge >= 0.3 is 0 Å². The van der Waals surface area contributed by atoms with Crippen molar-refractivity contribution in [1.29, 1.82) is 0 Å². The third-order valence-corrected chi connectivity index (χ3v) is 4.55. The van der Waals surface area contributed by atoms with Gasteiger partial charge in [0, 0.05) is 17.3 Å². The predicted molar refractivity (Wildman–Crippen MR) is 112 cm³/mol. The van der Waals surface area contributed by atoms with Gasteiger partial charge in [-0.2, -0.15) is 0 Å². The zero-order chi connectivity index (χ0) is 19.1. The molecular weight excluding hydrogens is 358 g/mol. The Hall–Kier alpha value is -2.65. The van der Waals surface area contributed by atoms with Crippen LogP contribution in [0.5, 0.6) is 11.5 Å². The highest BCUT2D eigenvalue weighted by atomic mass is 35.5. The predicted octanol–water partition coefficient (Wildman–Crippen LogP) is 6.24. The fraction of sp³-hybridized carbons (Fsp3) is 0.217. The van der Waals surface area contributed by atoms with Gasteiger partial charge in [-0.1, -0.05) is 41.9 Å². The topological polar surface area (TPSA) is 30.5 Å². The Morgan fingerprint density at radius 1 is 0.889 bits per heavy atom. The van der Waals surface area contributed by atoms with E-state index in [4.69, 9.17) is 21.1 Å². The van der Waals surface area contributed by atoms with Crippen LogP contribution in [-0.2, 0) is 13.2 Å². The van der Waals surface area contributed by atoms with Crippen molar-refractivity contribution in [2.24, 2.45) is 0 Å². The Kier molecular flexibility index (Phi) is 6.61. The lowest BCUT2D eigenvalue weighted by Crippen LogP contribution is -2.03. The summed E-state index contributed by atoms with van der Waals surface area (Å²) >= 11 is 5.93. The van der Waals surface area contributed by atoms with Crippen LogP contribution in [0.4, 0.5) is 5.69 Å². The first-order valence-electron chi connectivity index (χ1n) is 9.08. The Balaban J connectivity index is 1.68. The first kappa shape index (κ1) is 19.1. The third-order valence-electron chi connectivity index (χ3n) is 4.29. The highest BCUT2D eigenvalue weighted by molar-refractivity contribution is 6.30. The maximum Gasteiger partial charge on any atom is 0.161 e. The SMILES string of the molecule is CCOc1cc(CNc2ccc(Cl)cc2)ccc1OCc1ccccc1C. The second-order valence-corrected chi connectivity index (χ2v) is 6.73. The largest absolute Gasteiger partial charge is 0.490 e. The normalized spacial score (nSPS) is 10.5. The first-order valence-corrected chi connectivity index (χ1v) is 9.46. The van der Waals surface area contributed by atoms with E-state index in [0.29, 0.717) is 19.8 Å². The fourth-order valence-electron chi connectivity index (χ4n) is 2.75. The second-order valence-electron chi connectivity index (χ2n) is 6.29. The van der Waals surface area contributed by atoms with Crippen LogP contribution in [0.2, 0.25) is 5.02 Å². The van der Waals surface area contributed by atoms with E-state index in [9.17, 15) is 0 Å². The van der Waals surface area contributed by atoms with Gasteiger partial charge in [0.05, 0.1) is 6.61 Å². The van der Waals surface area contributed by atoms with Gasteiger partial charge in [-0.05, 0) is 66.9 Å². The number of hydrogen-bond acceptors (Lipinski definition) is 3. The molecule has 0 heterocycles. The fourth-order valence-corrected chi connectivity index (χ4v) is 2.88. The van der Waals surface area contributed by atoms with Crippen molar-refractivity contribution >= 4 is 17.3 Å². The van der Waals surface area contributed by atoms with Crippen molar-refractivity contribution in [3.05, 3.63) is 88.4 Å². The van der Waals surface area contributed by atoms with Gasteiger partial charge in [-0.15, -0.1) is 0 Å². The molecule has 0 aliphatic heterocycles. The van der Waals surface area contributed by atoms with Crippen molar-refractivity contribution in [3.63, 3.8) is 0 Å². The van der Waals surface area contributed by atoms with Crippen LogP contribution in [0.25, 0.3) is 0 Å². The number of anilines is 1. The van der Waals surface area contributed by atoms with Gasteiger partial charge in [0.1, 0.15) is 6.61 Å². The molecule has 4 heteroatoms. The summed E-state index contributed by atoms with van der Waals surface area (Å²) in [6.45, 7) is 5.88. The Bertz CT molecular complexity index is 878. The van der Waals surface area contributed by atoms with Crippen LogP contribution < -0.4 is 14.8 Å². The van der Waals surface area contributed by atoms with Crippen molar-refractivity contribution in [1.82, 2.24) is 0 Å². The van der Waals surface area contributed by atoms with Crippen LogP contribution in [0.15, 0.2) is 66.7 Å². The summed E-state index contributed by atoms with van der Waals surface area (Å²) in [5.41, 5.74) is 4.54. The lowest BCUT2D eigenvalue weighted by atomic mass is 10.1. The number of hydrogen-bond donors (Lipinski definition) is 1. The molecule has 3 aromatic carbocycles. The molecule has 0 aliphatic rings. The summed E-state index contributed by atoms with van der Waals surface area (Å²) in [6.07, 6.45) is 0. The van der Waals surface area contributed by atoms with E-state index in [-0.39, 0.29) is 0 Å². The molecule has 0 spiro atoms. The number of ether oxygens (including phenoxy) is 2. The van der Waals surface area contributed by atoms with E-state index in [1.165, 1.54) is 11.1 Å². The molecule has 0 amide bonds. The maximum atomic E-state index is 6.03. The smallest absolute Gasteiger partial charge is 0.161 e. The molecule has 0 aliphatic carbocycles. The second kappa shape index (κ2) is 9.33. The minimum absolute atomic E-state index is 0.523. The standard InChI is InChI=1S/C23H24ClNO2/c1-3-26-23-14-18(15-25-21-11-9-20(24)10-12-21)8-13-22(23)27-16-19-7-5-4-6-17(19)2/h4-14,25H,3,15-16H2,1-2H3. The van der Waals surface area contributed by atoms with Crippen molar-refractivity contribution in [3.8, 4) is 11.5 Å². The molecule has 0 radical (unpaired) electrons. The Morgan fingerprint density at radius 3 is 2.41 bits per heavy atom. The Morgan fingerprint density at radius 2 is 1.67 bits per heavy atom. The zero-order valence-electron chi connectivity index (χ0n) is 15.7. The van der Waals surface area contributed by atoms with Crippen LogP contribution in [0, 0.1) is 6.92 Å². The summed E-state index contributed by atoms with van der Waals surface area (Å²) in [5, 5.41) is 4.12. The highest BCUT2D eigenvalue weighted by Crippen LogP contribution is 2.30. The molecule has 0 saturated carbocycles. The molecule has 27 heavy (non-hydrogen) atoms. The third kappa shape index (κ3) is 5.41. The molecule has 3 rings (SSSR count). The maximum absolute atomic E-state index is 6.03. The van der Waals surface area contributed by atoms with E-state index in [2.05, 4.69) is 30.4 Å². The number of benzene rings is 3. The van der Waals surface area contributed by atoms with E-state index in [1.807, 2.05) is 55.5 Å². The van der Waals surface area contributed by atoms with E-state index >= 15 is 0 Å². The Labute approximate surface area is 165 Å². The molecule has 140 valence electrons. The summed E-state index contributed by atoms with van der Waals surface area (Å²) in [6, 6.07) is 22.0.